The lowest BCUT2D eigenvalue weighted by Gasteiger charge is -2.44. The number of amides is 1. The van der Waals surface area contributed by atoms with Crippen LogP contribution in [-0.4, -0.2) is 40.3 Å². The molecule has 5 nitrogen and oxygen atoms in total. The number of hydrogen-bond donors (Lipinski definition) is 1. The second kappa shape index (κ2) is 3.96. The van der Waals surface area contributed by atoms with Gasteiger partial charge >= 0.3 is 12.1 Å². The van der Waals surface area contributed by atoms with Crippen LogP contribution in [-0.2, 0) is 9.53 Å². The van der Waals surface area contributed by atoms with E-state index >= 15 is 0 Å². The number of rotatable bonds is 2. The van der Waals surface area contributed by atoms with Gasteiger partial charge in [0.25, 0.3) is 0 Å². The number of likely N-dealkylation sites (N-methyl/N-ethyl adjacent to an activating group) is 1. The van der Waals surface area contributed by atoms with Crippen molar-refractivity contribution in [2.75, 3.05) is 7.05 Å². The highest BCUT2D eigenvalue weighted by atomic mass is 16.6. The van der Waals surface area contributed by atoms with Gasteiger partial charge in [0.05, 0.1) is 0 Å². The van der Waals surface area contributed by atoms with Crippen LogP contribution in [0.25, 0.3) is 0 Å². The van der Waals surface area contributed by atoms with Crippen LogP contribution in [0.3, 0.4) is 0 Å². The summed E-state index contributed by atoms with van der Waals surface area (Å²) in [6.07, 6.45) is 1.25. The minimum atomic E-state index is -1.05. The number of carbonyl (C=O) groups is 2. The number of carbonyl (C=O) groups excluding carboxylic acids is 1. The van der Waals surface area contributed by atoms with Crippen molar-refractivity contribution in [2.24, 2.45) is 0 Å². The van der Waals surface area contributed by atoms with Crippen LogP contribution in [0, 0.1) is 0 Å². The second-order valence-corrected chi connectivity index (χ2v) is 5.23. The molecule has 0 bridgehead atoms. The molecule has 0 aromatic rings. The van der Waals surface area contributed by atoms with Crippen molar-refractivity contribution >= 4 is 12.1 Å². The Morgan fingerprint density at radius 1 is 1.31 bits per heavy atom. The topological polar surface area (TPSA) is 66.8 Å². The summed E-state index contributed by atoms with van der Waals surface area (Å²) in [4.78, 5) is 24.1. The van der Waals surface area contributed by atoms with Gasteiger partial charge in [0.1, 0.15) is 11.1 Å². The van der Waals surface area contributed by atoms with E-state index in [9.17, 15) is 9.59 Å². The fraction of sp³-hybridized carbons (Fsp3) is 0.818. The van der Waals surface area contributed by atoms with E-state index in [1.807, 2.05) is 0 Å². The first-order valence-electron chi connectivity index (χ1n) is 5.39. The zero-order valence-corrected chi connectivity index (χ0v) is 10.2. The van der Waals surface area contributed by atoms with Crippen LogP contribution < -0.4 is 0 Å². The Hall–Kier alpha value is -1.26. The standard InChI is InChI=1S/C11H19NO4/c1-10(2,3)16-9(15)12(4)11(8(13)14)6-5-7-11/h5-7H2,1-4H3,(H,13,14). The lowest BCUT2D eigenvalue weighted by molar-refractivity contribution is -0.156. The summed E-state index contributed by atoms with van der Waals surface area (Å²) in [7, 11) is 1.49. The molecule has 5 heteroatoms. The quantitative estimate of drug-likeness (QED) is 0.784. The van der Waals surface area contributed by atoms with Crippen molar-refractivity contribution in [2.45, 2.75) is 51.2 Å². The zero-order chi connectivity index (χ0) is 12.6. The molecule has 92 valence electrons. The molecule has 0 radical (unpaired) electrons. The van der Waals surface area contributed by atoms with Gasteiger partial charge in [-0.25, -0.2) is 9.59 Å². The summed E-state index contributed by atoms with van der Waals surface area (Å²) >= 11 is 0. The van der Waals surface area contributed by atoms with Gasteiger partial charge in [-0.3, -0.25) is 4.90 Å². The van der Waals surface area contributed by atoms with E-state index in [2.05, 4.69) is 0 Å². The molecule has 0 aromatic heterocycles. The first kappa shape index (κ1) is 12.8. The summed E-state index contributed by atoms with van der Waals surface area (Å²) in [5.74, 6) is -0.952. The Bertz CT molecular complexity index is 302. The van der Waals surface area contributed by atoms with Gasteiger partial charge in [-0.05, 0) is 40.0 Å². The average molecular weight is 229 g/mol. The molecule has 1 aliphatic carbocycles. The van der Waals surface area contributed by atoms with E-state index in [-0.39, 0.29) is 0 Å². The first-order chi connectivity index (χ1) is 7.19. The fourth-order valence-corrected chi connectivity index (χ4v) is 1.71. The number of aliphatic carboxylic acids is 1. The van der Waals surface area contributed by atoms with Crippen molar-refractivity contribution in [3.63, 3.8) is 0 Å². The molecule has 0 heterocycles. The number of carboxylic acid groups (broad SMARTS) is 1. The Labute approximate surface area is 95.4 Å². The Morgan fingerprint density at radius 3 is 2.06 bits per heavy atom. The SMILES string of the molecule is CN(C(=O)OC(C)(C)C)C1(C(=O)O)CCC1. The second-order valence-electron chi connectivity index (χ2n) is 5.23. The normalized spacial score (nSPS) is 18.5. The maximum absolute atomic E-state index is 11.7. The molecular weight excluding hydrogens is 210 g/mol. The molecule has 1 N–H and O–H groups in total. The molecular formula is C11H19NO4. The number of hydrogen-bond acceptors (Lipinski definition) is 3. The Balaban J connectivity index is 2.73. The average Bonchev–Trinajstić information content (AvgIpc) is 1.97. The zero-order valence-electron chi connectivity index (χ0n) is 10.2. The van der Waals surface area contributed by atoms with Crippen molar-refractivity contribution in [1.29, 1.82) is 0 Å². The van der Waals surface area contributed by atoms with E-state index in [1.165, 1.54) is 11.9 Å². The van der Waals surface area contributed by atoms with Crippen molar-refractivity contribution in [1.82, 2.24) is 4.90 Å². The number of carboxylic acids is 1. The number of nitrogens with zero attached hydrogens (tertiary/aromatic N) is 1. The highest BCUT2D eigenvalue weighted by Crippen LogP contribution is 2.37. The summed E-state index contributed by atoms with van der Waals surface area (Å²) < 4.78 is 5.16. The largest absolute Gasteiger partial charge is 0.479 e. The molecule has 1 rings (SSSR count). The van der Waals surface area contributed by atoms with Crippen molar-refractivity contribution in [3.05, 3.63) is 0 Å². The predicted octanol–water partition coefficient (Wildman–Crippen LogP) is 1.86. The molecule has 0 saturated heterocycles. The molecule has 0 unspecified atom stereocenters. The van der Waals surface area contributed by atoms with E-state index in [0.717, 1.165) is 6.42 Å². The van der Waals surface area contributed by atoms with Gasteiger partial charge in [0, 0.05) is 7.05 Å². The fourth-order valence-electron chi connectivity index (χ4n) is 1.71. The molecule has 1 amide bonds. The van der Waals surface area contributed by atoms with Crippen LogP contribution in [0.5, 0.6) is 0 Å². The van der Waals surface area contributed by atoms with Gasteiger partial charge in [0.2, 0.25) is 0 Å². The third kappa shape index (κ3) is 2.28. The van der Waals surface area contributed by atoms with Crippen LogP contribution in [0.15, 0.2) is 0 Å². The van der Waals surface area contributed by atoms with E-state index < -0.39 is 23.2 Å². The summed E-state index contributed by atoms with van der Waals surface area (Å²) in [6, 6.07) is 0. The van der Waals surface area contributed by atoms with Crippen LogP contribution >= 0.6 is 0 Å². The monoisotopic (exact) mass is 229 g/mol. The lowest BCUT2D eigenvalue weighted by Crippen LogP contribution is -2.60. The summed E-state index contributed by atoms with van der Waals surface area (Å²) in [6.45, 7) is 5.27. The highest BCUT2D eigenvalue weighted by Gasteiger charge is 2.50. The van der Waals surface area contributed by atoms with Crippen LogP contribution in [0.1, 0.15) is 40.0 Å². The van der Waals surface area contributed by atoms with E-state index in [0.29, 0.717) is 12.8 Å². The van der Waals surface area contributed by atoms with Gasteiger partial charge < -0.3 is 9.84 Å². The minimum absolute atomic E-state index is 0.498. The predicted molar refractivity (Wildman–Crippen MR) is 58.2 cm³/mol. The third-order valence-corrected chi connectivity index (χ3v) is 2.89. The van der Waals surface area contributed by atoms with Gasteiger partial charge in [-0.2, -0.15) is 0 Å². The van der Waals surface area contributed by atoms with Crippen LogP contribution in [0.4, 0.5) is 4.79 Å². The highest BCUT2D eigenvalue weighted by molar-refractivity contribution is 5.85. The molecule has 1 fully saturated rings. The lowest BCUT2D eigenvalue weighted by atomic mass is 9.76. The van der Waals surface area contributed by atoms with Gasteiger partial charge in [-0.1, -0.05) is 0 Å². The van der Waals surface area contributed by atoms with Crippen molar-refractivity contribution in [3.8, 4) is 0 Å². The molecule has 0 aromatic carbocycles. The van der Waals surface area contributed by atoms with E-state index in [4.69, 9.17) is 9.84 Å². The number of ether oxygens (including phenoxy) is 1. The molecule has 0 aliphatic heterocycles. The molecule has 1 saturated carbocycles. The van der Waals surface area contributed by atoms with Crippen LogP contribution in [0.2, 0.25) is 0 Å². The molecule has 1 aliphatic rings. The van der Waals surface area contributed by atoms with Gasteiger partial charge in [-0.15, -0.1) is 0 Å². The minimum Gasteiger partial charge on any atom is -0.479 e. The smallest absolute Gasteiger partial charge is 0.410 e. The maximum atomic E-state index is 11.7. The summed E-state index contributed by atoms with van der Waals surface area (Å²) in [5.41, 5.74) is -1.66. The molecule has 16 heavy (non-hydrogen) atoms. The molecule has 0 spiro atoms. The maximum Gasteiger partial charge on any atom is 0.410 e. The molecule has 0 atom stereocenters. The van der Waals surface area contributed by atoms with E-state index in [1.54, 1.807) is 20.8 Å². The Kier molecular flexibility index (Phi) is 3.17. The van der Waals surface area contributed by atoms with Gasteiger partial charge in [0.15, 0.2) is 0 Å². The Morgan fingerprint density at radius 2 is 1.81 bits per heavy atom. The first-order valence-corrected chi connectivity index (χ1v) is 5.39. The summed E-state index contributed by atoms with van der Waals surface area (Å²) in [5, 5.41) is 9.15. The van der Waals surface area contributed by atoms with Crippen molar-refractivity contribution < 1.29 is 19.4 Å². The third-order valence-electron chi connectivity index (χ3n) is 2.89.